The molecule has 0 bridgehead atoms. The number of aryl methyl sites for hydroxylation is 1. The summed E-state index contributed by atoms with van der Waals surface area (Å²) in [6.45, 7) is 11.7. The molecule has 1 aliphatic heterocycles. The van der Waals surface area contributed by atoms with Crippen LogP contribution in [-0.4, -0.2) is 56.6 Å². The second-order valence-electron chi connectivity index (χ2n) is 9.07. The number of hydrogen-bond donors (Lipinski definition) is 0. The van der Waals surface area contributed by atoms with Gasteiger partial charge in [0.15, 0.2) is 11.0 Å². The van der Waals surface area contributed by atoms with Crippen molar-refractivity contribution >= 4 is 17.7 Å². The van der Waals surface area contributed by atoms with Gasteiger partial charge in [-0.1, -0.05) is 73.6 Å². The Morgan fingerprint density at radius 2 is 1.73 bits per heavy atom. The fourth-order valence-electron chi connectivity index (χ4n) is 4.25. The molecule has 1 aliphatic rings. The average Bonchev–Trinajstić information content (AvgIpc) is 3.21. The van der Waals surface area contributed by atoms with E-state index < -0.39 is 0 Å². The molecule has 33 heavy (non-hydrogen) atoms. The van der Waals surface area contributed by atoms with Gasteiger partial charge in [-0.25, -0.2) is 0 Å². The predicted octanol–water partition coefficient (Wildman–Crippen LogP) is 5.09. The molecule has 2 aromatic carbocycles. The van der Waals surface area contributed by atoms with Crippen molar-refractivity contribution in [2.45, 2.75) is 57.9 Å². The molecule has 7 heteroatoms. The zero-order valence-electron chi connectivity index (χ0n) is 20.0. The predicted molar refractivity (Wildman–Crippen MR) is 133 cm³/mol. The van der Waals surface area contributed by atoms with Crippen LogP contribution in [0.5, 0.6) is 0 Å². The first-order valence-electron chi connectivity index (χ1n) is 11.5. The molecule has 0 saturated carbocycles. The Kier molecular flexibility index (Phi) is 7.20. The van der Waals surface area contributed by atoms with Crippen LogP contribution in [0, 0.1) is 6.92 Å². The minimum absolute atomic E-state index is 0.0532. The van der Waals surface area contributed by atoms with Crippen molar-refractivity contribution in [2.75, 3.05) is 18.8 Å². The number of hydrogen-bond acceptors (Lipinski definition) is 5. The minimum atomic E-state index is 0.0532. The van der Waals surface area contributed by atoms with Gasteiger partial charge in [0.1, 0.15) is 0 Å². The first-order chi connectivity index (χ1) is 15.8. The number of benzene rings is 2. The van der Waals surface area contributed by atoms with E-state index in [4.69, 9.17) is 4.74 Å². The largest absolute Gasteiger partial charge is 0.372 e. The van der Waals surface area contributed by atoms with Crippen molar-refractivity contribution in [3.63, 3.8) is 0 Å². The quantitative estimate of drug-likeness (QED) is 0.475. The van der Waals surface area contributed by atoms with Gasteiger partial charge in [0, 0.05) is 18.7 Å². The number of nitrogens with zero attached hydrogens (tertiary/aromatic N) is 4. The third-order valence-corrected chi connectivity index (χ3v) is 6.75. The Labute approximate surface area is 200 Å². The standard InChI is InChI=1S/C26H32N4O2S/c1-17(2)22-8-6-7-9-23(22)30-25(21-12-10-18(3)11-13-21)27-28-26(30)33-16-24(31)29-14-19(4)32-20(5)15-29/h6-13,17,19-20H,14-16H2,1-5H3/t19-,20-/m1/s1. The van der Waals surface area contributed by atoms with Gasteiger partial charge in [-0.3, -0.25) is 9.36 Å². The summed E-state index contributed by atoms with van der Waals surface area (Å²) in [5, 5.41) is 9.80. The Bertz CT molecular complexity index is 1100. The van der Waals surface area contributed by atoms with E-state index in [1.807, 2.05) is 24.8 Å². The Morgan fingerprint density at radius 1 is 1.06 bits per heavy atom. The molecule has 0 N–H and O–H groups in total. The van der Waals surface area contributed by atoms with Gasteiger partial charge in [-0.15, -0.1) is 10.2 Å². The van der Waals surface area contributed by atoms with Gasteiger partial charge in [-0.05, 0) is 38.3 Å². The van der Waals surface area contributed by atoms with Crippen molar-refractivity contribution in [2.24, 2.45) is 0 Å². The molecule has 174 valence electrons. The molecule has 1 saturated heterocycles. The second kappa shape index (κ2) is 10.1. The number of ether oxygens (including phenoxy) is 1. The number of para-hydroxylation sites is 1. The average molecular weight is 465 g/mol. The molecule has 0 aliphatic carbocycles. The molecule has 6 nitrogen and oxygen atoms in total. The highest BCUT2D eigenvalue weighted by Gasteiger charge is 2.27. The summed E-state index contributed by atoms with van der Waals surface area (Å²) < 4.78 is 7.88. The van der Waals surface area contributed by atoms with Crippen molar-refractivity contribution in [3.8, 4) is 17.1 Å². The number of rotatable bonds is 6. The molecular weight excluding hydrogens is 432 g/mol. The number of aromatic nitrogens is 3. The third kappa shape index (κ3) is 5.31. The van der Waals surface area contributed by atoms with E-state index >= 15 is 0 Å². The van der Waals surface area contributed by atoms with Crippen molar-refractivity contribution in [1.82, 2.24) is 19.7 Å². The van der Waals surface area contributed by atoms with E-state index in [1.165, 1.54) is 22.9 Å². The first kappa shape index (κ1) is 23.5. The number of carbonyl (C=O) groups is 1. The molecule has 2 heterocycles. The molecule has 3 aromatic rings. The van der Waals surface area contributed by atoms with Crippen LogP contribution in [0.4, 0.5) is 0 Å². The van der Waals surface area contributed by atoms with E-state index in [9.17, 15) is 4.79 Å². The van der Waals surface area contributed by atoms with Crippen LogP contribution < -0.4 is 0 Å². The first-order valence-corrected chi connectivity index (χ1v) is 12.5. The monoisotopic (exact) mass is 464 g/mol. The SMILES string of the molecule is Cc1ccc(-c2nnc(SCC(=O)N3C[C@@H](C)O[C@H](C)C3)n2-c2ccccc2C(C)C)cc1. The van der Waals surface area contributed by atoms with E-state index in [1.54, 1.807) is 0 Å². The van der Waals surface area contributed by atoms with Crippen LogP contribution in [0.1, 0.15) is 44.7 Å². The topological polar surface area (TPSA) is 60.3 Å². The third-order valence-electron chi connectivity index (χ3n) is 5.84. The molecule has 0 radical (unpaired) electrons. The fraction of sp³-hybridized carbons (Fsp3) is 0.423. The van der Waals surface area contributed by atoms with Gasteiger partial charge >= 0.3 is 0 Å². The minimum Gasteiger partial charge on any atom is -0.372 e. The number of carbonyl (C=O) groups excluding carboxylic acids is 1. The van der Waals surface area contributed by atoms with Gasteiger partial charge < -0.3 is 9.64 Å². The maximum absolute atomic E-state index is 13.0. The molecule has 1 fully saturated rings. The highest BCUT2D eigenvalue weighted by Crippen LogP contribution is 2.32. The number of thioether (sulfide) groups is 1. The van der Waals surface area contributed by atoms with E-state index in [2.05, 4.69) is 78.0 Å². The Balaban J connectivity index is 1.67. The summed E-state index contributed by atoms with van der Waals surface area (Å²) in [6.07, 6.45) is 0.106. The number of amides is 1. The van der Waals surface area contributed by atoms with E-state index in [0.717, 1.165) is 22.2 Å². The normalized spacial score (nSPS) is 18.7. The summed E-state index contributed by atoms with van der Waals surface area (Å²) in [6, 6.07) is 16.7. The van der Waals surface area contributed by atoms with Gasteiger partial charge in [0.25, 0.3) is 0 Å². The molecule has 2 atom stereocenters. The van der Waals surface area contributed by atoms with Crippen LogP contribution in [0.25, 0.3) is 17.1 Å². The molecule has 0 spiro atoms. The van der Waals surface area contributed by atoms with E-state index in [-0.39, 0.29) is 18.1 Å². The van der Waals surface area contributed by atoms with Crippen LogP contribution in [0.2, 0.25) is 0 Å². The highest BCUT2D eigenvalue weighted by atomic mass is 32.2. The van der Waals surface area contributed by atoms with Crippen molar-refractivity contribution in [1.29, 1.82) is 0 Å². The lowest BCUT2D eigenvalue weighted by atomic mass is 10.0. The molecule has 1 aromatic heterocycles. The van der Waals surface area contributed by atoms with Crippen LogP contribution in [0.3, 0.4) is 0 Å². The van der Waals surface area contributed by atoms with Crippen LogP contribution in [0.15, 0.2) is 53.7 Å². The lowest BCUT2D eigenvalue weighted by Crippen LogP contribution is -2.48. The van der Waals surface area contributed by atoms with Crippen molar-refractivity contribution < 1.29 is 9.53 Å². The van der Waals surface area contributed by atoms with Gasteiger partial charge in [-0.2, -0.15) is 0 Å². The lowest BCUT2D eigenvalue weighted by Gasteiger charge is -2.35. The summed E-state index contributed by atoms with van der Waals surface area (Å²) >= 11 is 1.44. The zero-order chi connectivity index (χ0) is 23.5. The smallest absolute Gasteiger partial charge is 0.233 e. The van der Waals surface area contributed by atoms with Gasteiger partial charge in [0.05, 0.1) is 23.6 Å². The highest BCUT2D eigenvalue weighted by molar-refractivity contribution is 7.99. The summed E-state index contributed by atoms with van der Waals surface area (Å²) in [7, 11) is 0. The Hall–Kier alpha value is -2.64. The maximum atomic E-state index is 13.0. The number of morpholine rings is 1. The zero-order valence-corrected chi connectivity index (χ0v) is 20.8. The summed E-state index contributed by atoms with van der Waals surface area (Å²) in [5.74, 6) is 1.54. The fourth-order valence-corrected chi connectivity index (χ4v) is 5.10. The van der Waals surface area contributed by atoms with E-state index in [0.29, 0.717) is 24.8 Å². The lowest BCUT2D eigenvalue weighted by molar-refractivity contribution is -0.140. The molecular formula is C26H32N4O2S. The van der Waals surface area contributed by atoms with Crippen LogP contribution in [-0.2, 0) is 9.53 Å². The molecule has 1 amide bonds. The van der Waals surface area contributed by atoms with Gasteiger partial charge in [0.2, 0.25) is 5.91 Å². The summed E-state index contributed by atoms with van der Waals surface area (Å²) in [5.41, 5.74) is 4.47. The summed E-state index contributed by atoms with van der Waals surface area (Å²) in [4.78, 5) is 14.9. The maximum Gasteiger partial charge on any atom is 0.233 e. The van der Waals surface area contributed by atoms with Crippen molar-refractivity contribution in [3.05, 3.63) is 59.7 Å². The molecule has 4 rings (SSSR count). The van der Waals surface area contributed by atoms with Crippen LogP contribution >= 0.6 is 11.8 Å². The Morgan fingerprint density at radius 3 is 2.39 bits per heavy atom. The molecule has 0 unspecified atom stereocenters. The second-order valence-corrected chi connectivity index (χ2v) is 10.0.